The molecule has 1 aromatic rings. The lowest BCUT2D eigenvalue weighted by molar-refractivity contribution is 0.624. The van der Waals surface area contributed by atoms with E-state index in [0.717, 1.165) is 28.4 Å². The summed E-state index contributed by atoms with van der Waals surface area (Å²) in [7, 11) is 0. The molecule has 1 atom stereocenters. The summed E-state index contributed by atoms with van der Waals surface area (Å²) in [4.78, 5) is 0. The van der Waals surface area contributed by atoms with E-state index in [2.05, 4.69) is 15.9 Å². The topological polar surface area (TPSA) is 26.0 Å². The van der Waals surface area contributed by atoms with E-state index in [-0.39, 0.29) is 24.3 Å². The van der Waals surface area contributed by atoms with Crippen LogP contribution in [0.4, 0.5) is 4.39 Å². The Labute approximate surface area is 91.0 Å². The lowest BCUT2D eigenvalue weighted by atomic mass is 10.1. The molecule has 1 aliphatic rings. The highest BCUT2D eigenvalue weighted by Crippen LogP contribution is 2.35. The van der Waals surface area contributed by atoms with Gasteiger partial charge in [-0.3, -0.25) is 0 Å². The summed E-state index contributed by atoms with van der Waals surface area (Å²) >= 11 is 3.32. The van der Waals surface area contributed by atoms with Crippen LogP contribution >= 0.6 is 28.3 Å². The van der Waals surface area contributed by atoms with Crippen LogP contribution in [0.3, 0.4) is 0 Å². The van der Waals surface area contributed by atoms with Crippen LogP contribution in [0.1, 0.15) is 23.6 Å². The average molecular weight is 267 g/mol. The molecule has 0 saturated carbocycles. The van der Waals surface area contributed by atoms with E-state index >= 15 is 0 Å². The van der Waals surface area contributed by atoms with Gasteiger partial charge in [0, 0.05) is 10.5 Å². The van der Waals surface area contributed by atoms with Crippen molar-refractivity contribution >= 4 is 28.3 Å². The molecule has 1 unspecified atom stereocenters. The van der Waals surface area contributed by atoms with Crippen LogP contribution in [0.5, 0.6) is 0 Å². The summed E-state index contributed by atoms with van der Waals surface area (Å²) < 4.78 is 13.7. The summed E-state index contributed by atoms with van der Waals surface area (Å²) in [5.41, 5.74) is 7.98. The summed E-state index contributed by atoms with van der Waals surface area (Å²) in [5.74, 6) is -0.185. The van der Waals surface area contributed by atoms with Crippen LogP contribution in [0, 0.1) is 5.82 Å². The molecular weight excluding hydrogens is 256 g/mol. The zero-order valence-corrected chi connectivity index (χ0v) is 9.29. The van der Waals surface area contributed by atoms with Gasteiger partial charge in [0.2, 0.25) is 0 Å². The number of hydrogen-bond donors (Lipinski definition) is 1. The van der Waals surface area contributed by atoms with Gasteiger partial charge >= 0.3 is 0 Å². The summed E-state index contributed by atoms with van der Waals surface area (Å²) in [6.45, 7) is 0. The van der Waals surface area contributed by atoms with Gasteiger partial charge in [0.25, 0.3) is 0 Å². The van der Waals surface area contributed by atoms with Crippen molar-refractivity contribution < 1.29 is 4.39 Å². The monoisotopic (exact) mass is 265 g/mol. The second kappa shape index (κ2) is 3.95. The Kier molecular flexibility index (Phi) is 3.33. The van der Waals surface area contributed by atoms with Gasteiger partial charge in [0.05, 0.1) is 0 Å². The molecule has 0 aliphatic heterocycles. The first-order valence-electron chi connectivity index (χ1n) is 3.92. The molecule has 0 spiro atoms. The van der Waals surface area contributed by atoms with Crippen molar-refractivity contribution in [1.29, 1.82) is 0 Å². The third kappa shape index (κ3) is 1.87. The van der Waals surface area contributed by atoms with Crippen molar-refractivity contribution in [1.82, 2.24) is 0 Å². The van der Waals surface area contributed by atoms with Gasteiger partial charge in [-0.05, 0) is 36.1 Å². The standard InChI is InChI=1S/C9H9BrFN.ClH/c10-7-4-6(11)3-5-1-2-8(12)9(5)7;/h3-4,8H,1-2,12H2;1H. The normalized spacial score (nSPS) is 19.5. The third-order valence-corrected chi connectivity index (χ3v) is 2.93. The predicted molar refractivity (Wildman–Crippen MR) is 56.6 cm³/mol. The average Bonchev–Trinajstić information content (AvgIpc) is 2.31. The van der Waals surface area contributed by atoms with E-state index in [9.17, 15) is 4.39 Å². The SMILES string of the molecule is Cl.NC1CCc2cc(F)cc(Br)c21. The first-order chi connectivity index (χ1) is 5.68. The van der Waals surface area contributed by atoms with E-state index in [4.69, 9.17) is 5.73 Å². The zero-order valence-electron chi connectivity index (χ0n) is 6.89. The minimum Gasteiger partial charge on any atom is -0.324 e. The van der Waals surface area contributed by atoms with Crippen molar-refractivity contribution in [3.8, 4) is 0 Å². The molecule has 13 heavy (non-hydrogen) atoms. The van der Waals surface area contributed by atoms with Crippen molar-refractivity contribution in [2.24, 2.45) is 5.73 Å². The fraction of sp³-hybridized carbons (Fsp3) is 0.333. The molecule has 0 heterocycles. The zero-order chi connectivity index (χ0) is 8.72. The molecule has 2 N–H and O–H groups in total. The van der Waals surface area contributed by atoms with Crippen molar-refractivity contribution in [2.45, 2.75) is 18.9 Å². The Morgan fingerprint density at radius 2 is 2.15 bits per heavy atom. The van der Waals surface area contributed by atoms with Gasteiger partial charge in [-0.25, -0.2) is 4.39 Å². The largest absolute Gasteiger partial charge is 0.324 e. The molecule has 1 aliphatic carbocycles. The minimum atomic E-state index is -0.185. The molecule has 1 aromatic carbocycles. The Morgan fingerprint density at radius 3 is 2.85 bits per heavy atom. The van der Waals surface area contributed by atoms with Crippen LogP contribution in [0.15, 0.2) is 16.6 Å². The van der Waals surface area contributed by atoms with E-state index in [1.807, 2.05) is 0 Å². The molecule has 1 nitrogen and oxygen atoms in total. The maximum absolute atomic E-state index is 12.9. The number of benzene rings is 1. The second-order valence-corrected chi connectivity index (χ2v) is 3.96. The van der Waals surface area contributed by atoms with Gasteiger partial charge in [-0.15, -0.1) is 12.4 Å². The third-order valence-electron chi connectivity index (χ3n) is 2.28. The maximum Gasteiger partial charge on any atom is 0.124 e. The van der Waals surface area contributed by atoms with Crippen LogP contribution in [0.25, 0.3) is 0 Å². The van der Waals surface area contributed by atoms with Crippen molar-refractivity contribution in [3.63, 3.8) is 0 Å². The number of nitrogens with two attached hydrogens (primary N) is 1. The molecule has 0 saturated heterocycles. The Bertz CT molecular complexity index is 330. The molecule has 4 heteroatoms. The first kappa shape index (κ1) is 11.0. The Morgan fingerprint density at radius 1 is 1.46 bits per heavy atom. The van der Waals surface area contributed by atoms with E-state index in [1.165, 1.54) is 6.07 Å². The molecule has 0 bridgehead atoms. The summed E-state index contributed by atoms with van der Waals surface area (Å²) in [6.07, 6.45) is 1.82. The minimum absolute atomic E-state index is 0. The number of fused-ring (bicyclic) bond motifs is 1. The lowest BCUT2D eigenvalue weighted by Gasteiger charge is -2.06. The van der Waals surface area contributed by atoms with Crippen LogP contribution in [0.2, 0.25) is 0 Å². The highest BCUT2D eigenvalue weighted by atomic mass is 79.9. The summed E-state index contributed by atoms with van der Waals surface area (Å²) in [5, 5.41) is 0. The van der Waals surface area contributed by atoms with Gasteiger partial charge in [-0.2, -0.15) is 0 Å². The Balaban J connectivity index is 0.000000845. The first-order valence-corrected chi connectivity index (χ1v) is 4.71. The maximum atomic E-state index is 12.9. The smallest absolute Gasteiger partial charge is 0.124 e. The molecular formula is C9H10BrClFN. The predicted octanol–water partition coefficient (Wildman–Crippen LogP) is 2.96. The highest BCUT2D eigenvalue weighted by molar-refractivity contribution is 9.10. The van der Waals surface area contributed by atoms with Crippen LogP contribution < -0.4 is 5.73 Å². The van der Waals surface area contributed by atoms with Gasteiger partial charge < -0.3 is 5.73 Å². The van der Waals surface area contributed by atoms with E-state index < -0.39 is 0 Å². The number of halogens is 3. The fourth-order valence-electron chi connectivity index (χ4n) is 1.72. The second-order valence-electron chi connectivity index (χ2n) is 3.11. The van der Waals surface area contributed by atoms with Gasteiger partial charge in [-0.1, -0.05) is 15.9 Å². The molecule has 2 rings (SSSR count). The van der Waals surface area contributed by atoms with E-state index in [0.29, 0.717) is 0 Å². The van der Waals surface area contributed by atoms with Crippen LogP contribution in [-0.4, -0.2) is 0 Å². The molecule has 0 radical (unpaired) electrons. The number of rotatable bonds is 0. The highest BCUT2D eigenvalue weighted by Gasteiger charge is 2.22. The van der Waals surface area contributed by atoms with Crippen LogP contribution in [-0.2, 0) is 6.42 Å². The quantitative estimate of drug-likeness (QED) is 0.768. The molecule has 0 fully saturated rings. The van der Waals surface area contributed by atoms with Crippen molar-refractivity contribution in [3.05, 3.63) is 33.5 Å². The molecule has 0 amide bonds. The number of hydrogen-bond acceptors (Lipinski definition) is 1. The van der Waals surface area contributed by atoms with Gasteiger partial charge in [0.1, 0.15) is 5.82 Å². The van der Waals surface area contributed by atoms with Crippen molar-refractivity contribution in [2.75, 3.05) is 0 Å². The lowest BCUT2D eigenvalue weighted by Crippen LogP contribution is -2.06. The number of aryl methyl sites for hydroxylation is 1. The summed E-state index contributed by atoms with van der Waals surface area (Å²) in [6, 6.07) is 3.13. The van der Waals surface area contributed by atoms with Gasteiger partial charge in [0.15, 0.2) is 0 Å². The fourth-order valence-corrected chi connectivity index (χ4v) is 2.48. The van der Waals surface area contributed by atoms with E-state index in [1.54, 1.807) is 6.07 Å². The molecule has 0 aromatic heterocycles. The Hall–Kier alpha value is -0.120. The molecule has 72 valence electrons.